The smallest absolute Gasteiger partial charge is 0.172 e. The van der Waals surface area contributed by atoms with Crippen LogP contribution in [0.25, 0.3) is 0 Å². The van der Waals surface area contributed by atoms with Gasteiger partial charge in [0, 0.05) is 10.4 Å². The van der Waals surface area contributed by atoms with Crippen molar-refractivity contribution in [3.05, 3.63) is 27.7 Å². The fraction of sp³-hybridized carbons (Fsp3) is 0.417. The minimum Gasteiger partial charge on any atom is -0.494 e. The van der Waals surface area contributed by atoms with Crippen molar-refractivity contribution >= 4 is 29.0 Å². The van der Waals surface area contributed by atoms with Gasteiger partial charge in [0.2, 0.25) is 0 Å². The van der Waals surface area contributed by atoms with Crippen LogP contribution in [0.15, 0.2) is 12.1 Å². The molecular formula is C12H12Cl2O2. The van der Waals surface area contributed by atoms with Crippen molar-refractivity contribution in [1.82, 2.24) is 0 Å². The maximum Gasteiger partial charge on any atom is 0.172 e. The second kappa shape index (κ2) is 3.94. The highest BCUT2D eigenvalue weighted by molar-refractivity contribution is 6.36. The summed E-state index contributed by atoms with van der Waals surface area (Å²) >= 11 is 11.9. The molecule has 0 saturated heterocycles. The summed E-state index contributed by atoms with van der Waals surface area (Å²) < 4.78 is 5.16. The van der Waals surface area contributed by atoms with Gasteiger partial charge in [-0.2, -0.15) is 0 Å². The molecule has 0 radical (unpaired) electrons. The van der Waals surface area contributed by atoms with Gasteiger partial charge in [0.1, 0.15) is 5.75 Å². The van der Waals surface area contributed by atoms with Gasteiger partial charge >= 0.3 is 0 Å². The molecule has 0 aliphatic heterocycles. The van der Waals surface area contributed by atoms with Crippen molar-refractivity contribution in [2.75, 3.05) is 7.11 Å². The molecule has 0 amide bonds. The molecule has 1 fully saturated rings. The quantitative estimate of drug-likeness (QED) is 0.767. The monoisotopic (exact) mass is 258 g/mol. The van der Waals surface area contributed by atoms with Gasteiger partial charge in [0.05, 0.1) is 17.7 Å². The third kappa shape index (κ3) is 1.92. The Labute approximate surface area is 104 Å². The van der Waals surface area contributed by atoms with E-state index in [0.717, 1.165) is 12.8 Å². The van der Waals surface area contributed by atoms with Crippen molar-refractivity contribution in [3.8, 4) is 5.75 Å². The number of halogens is 2. The lowest BCUT2D eigenvalue weighted by Crippen LogP contribution is -2.13. The molecule has 1 saturated carbocycles. The molecular weight excluding hydrogens is 247 g/mol. The summed E-state index contributed by atoms with van der Waals surface area (Å²) in [6, 6.07) is 3.20. The minimum atomic E-state index is -0.249. The second-order valence-corrected chi connectivity index (χ2v) is 5.20. The van der Waals surface area contributed by atoms with Crippen LogP contribution >= 0.6 is 23.2 Å². The predicted octanol–water partition coefficient (Wildman–Crippen LogP) is 3.98. The lowest BCUT2D eigenvalue weighted by atomic mass is 9.96. The van der Waals surface area contributed by atoms with E-state index in [0.29, 0.717) is 21.4 Å². The van der Waals surface area contributed by atoms with Gasteiger partial charge in [-0.15, -0.1) is 0 Å². The van der Waals surface area contributed by atoms with Gasteiger partial charge in [0.25, 0.3) is 0 Å². The third-order valence-electron chi connectivity index (χ3n) is 3.01. The molecule has 1 aliphatic rings. The van der Waals surface area contributed by atoms with Crippen molar-refractivity contribution < 1.29 is 9.53 Å². The van der Waals surface area contributed by atoms with Crippen LogP contribution in [-0.2, 0) is 0 Å². The zero-order valence-electron chi connectivity index (χ0n) is 9.14. The Morgan fingerprint density at radius 3 is 2.50 bits per heavy atom. The number of rotatable bonds is 3. The number of hydrogen-bond donors (Lipinski definition) is 0. The molecule has 2 nitrogen and oxygen atoms in total. The average Bonchev–Trinajstić information content (AvgIpc) is 2.95. The van der Waals surface area contributed by atoms with Crippen LogP contribution in [0.5, 0.6) is 5.75 Å². The number of ketones is 1. The molecule has 1 aliphatic carbocycles. The number of Topliss-reactive ketones (excluding diaryl/α,β-unsaturated/α-hetero) is 1. The summed E-state index contributed by atoms with van der Waals surface area (Å²) in [7, 11) is 1.50. The molecule has 0 spiro atoms. The fourth-order valence-electron chi connectivity index (χ4n) is 1.68. The topological polar surface area (TPSA) is 26.3 Å². The van der Waals surface area contributed by atoms with Gasteiger partial charge < -0.3 is 4.74 Å². The molecule has 86 valence electrons. The molecule has 1 aromatic carbocycles. The third-order valence-corrected chi connectivity index (χ3v) is 3.50. The van der Waals surface area contributed by atoms with E-state index in [1.807, 2.05) is 6.92 Å². The lowest BCUT2D eigenvalue weighted by Gasteiger charge is -2.13. The van der Waals surface area contributed by atoms with Crippen molar-refractivity contribution in [2.45, 2.75) is 19.8 Å². The molecule has 1 aromatic rings. The molecule has 4 heteroatoms. The van der Waals surface area contributed by atoms with Gasteiger partial charge in [-0.1, -0.05) is 30.1 Å². The van der Waals surface area contributed by atoms with E-state index in [9.17, 15) is 4.79 Å². The highest BCUT2D eigenvalue weighted by Crippen LogP contribution is 2.49. The van der Waals surface area contributed by atoms with E-state index in [1.54, 1.807) is 12.1 Å². The number of methoxy groups -OCH3 is 1. The van der Waals surface area contributed by atoms with Crippen LogP contribution in [0, 0.1) is 5.41 Å². The van der Waals surface area contributed by atoms with Gasteiger partial charge in [-0.3, -0.25) is 4.79 Å². The van der Waals surface area contributed by atoms with Crippen LogP contribution in [-0.4, -0.2) is 12.9 Å². The number of ether oxygens (including phenoxy) is 1. The number of hydrogen-bond acceptors (Lipinski definition) is 2. The Morgan fingerprint density at radius 2 is 2.00 bits per heavy atom. The van der Waals surface area contributed by atoms with Crippen LogP contribution in [0.4, 0.5) is 0 Å². The summed E-state index contributed by atoms with van der Waals surface area (Å²) in [5, 5.41) is 0.834. The van der Waals surface area contributed by atoms with E-state index in [4.69, 9.17) is 27.9 Å². The van der Waals surface area contributed by atoms with Gasteiger partial charge in [0.15, 0.2) is 5.78 Å². The van der Waals surface area contributed by atoms with Crippen molar-refractivity contribution in [2.24, 2.45) is 5.41 Å². The van der Waals surface area contributed by atoms with Crippen LogP contribution in [0.1, 0.15) is 30.1 Å². The number of carbonyl (C=O) groups excluding carboxylic acids is 1. The first-order valence-corrected chi connectivity index (χ1v) is 5.81. The van der Waals surface area contributed by atoms with Crippen LogP contribution in [0.2, 0.25) is 10.0 Å². The largest absolute Gasteiger partial charge is 0.494 e. The highest BCUT2D eigenvalue weighted by atomic mass is 35.5. The maximum atomic E-state index is 12.2. The van der Waals surface area contributed by atoms with Gasteiger partial charge in [-0.05, 0) is 25.0 Å². The second-order valence-electron chi connectivity index (χ2n) is 4.36. The maximum absolute atomic E-state index is 12.2. The molecule has 16 heavy (non-hydrogen) atoms. The lowest BCUT2D eigenvalue weighted by molar-refractivity contribution is 0.0909. The van der Waals surface area contributed by atoms with E-state index < -0.39 is 0 Å². The van der Waals surface area contributed by atoms with Crippen molar-refractivity contribution in [1.29, 1.82) is 0 Å². The van der Waals surface area contributed by atoms with E-state index in [2.05, 4.69) is 0 Å². The first-order valence-electron chi connectivity index (χ1n) is 5.06. The Morgan fingerprint density at radius 1 is 1.38 bits per heavy atom. The summed E-state index contributed by atoms with van der Waals surface area (Å²) in [6.45, 7) is 1.95. The normalized spacial score (nSPS) is 17.0. The van der Waals surface area contributed by atoms with Crippen molar-refractivity contribution in [3.63, 3.8) is 0 Å². The zero-order chi connectivity index (χ0) is 11.9. The Kier molecular flexibility index (Phi) is 2.89. The molecule has 0 atom stereocenters. The van der Waals surface area contributed by atoms with Gasteiger partial charge in [-0.25, -0.2) is 0 Å². The first-order chi connectivity index (χ1) is 7.48. The standard InChI is InChI=1S/C12H12Cl2O2/c1-12(3-4-12)11(15)8-5-7(13)6-9(14)10(8)16-2/h5-6H,3-4H2,1-2H3. The summed E-state index contributed by atoms with van der Waals surface area (Å²) in [4.78, 5) is 12.2. The highest BCUT2D eigenvalue weighted by Gasteiger charge is 2.46. The minimum absolute atomic E-state index is 0.0637. The molecule has 0 aromatic heterocycles. The SMILES string of the molecule is COc1c(Cl)cc(Cl)cc1C(=O)C1(C)CC1. The molecule has 0 N–H and O–H groups in total. The first kappa shape index (κ1) is 11.7. The number of benzene rings is 1. The summed E-state index contributed by atoms with van der Waals surface area (Å²) in [6.07, 6.45) is 1.83. The Balaban J connectivity index is 2.50. The zero-order valence-corrected chi connectivity index (χ0v) is 10.7. The van der Waals surface area contributed by atoms with E-state index >= 15 is 0 Å². The fourth-order valence-corrected chi connectivity index (χ4v) is 2.25. The Hall–Kier alpha value is -0.730. The molecule has 0 bridgehead atoms. The van der Waals surface area contributed by atoms with E-state index in [1.165, 1.54) is 7.11 Å². The van der Waals surface area contributed by atoms with E-state index in [-0.39, 0.29) is 11.2 Å². The predicted molar refractivity (Wildman–Crippen MR) is 64.7 cm³/mol. The number of carbonyl (C=O) groups is 1. The van der Waals surface area contributed by atoms with Crippen LogP contribution < -0.4 is 4.74 Å². The molecule has 0 unspecified atom stereocenters. The average molecular weight is 259 g/mol. The Bertz CT molecular complexity index is 451. The van der Waals surface area contributed by atoms with Crippen LogP contribution in [0.3, 0.4) is 0 Å². The summed E-state index contributed by atoms with van der Waals surface area (Å²) in [5.74, 6) is 0.484. The summed E-state index contributed by atoms with van der Waals surface area (Å²) in [5.41, 5.74) is 0.237. The molecule has 2 rings (SSSR count). The molecule has 0 heterocycles.